The summed E-state index contributed by atoms with van der Waals surface area (Å²) in [6.45, 7) is 3.62. The van der Waals surface area contributed by atoms with E-state index in [9.17, 15) is 18.0 Å². The van der Waals surface area contributed by atoms with Crippen LogP contribution in [0.2, 0.25) is 0 Å². The number of esters is 1. The standard InChI is InChI=1S/C19H28N2O5S/c1-13-8-5-6-11-17(13)20-18(22)14(2)26-19(23)15-9-7-10-16(12-15)27(24,25)21(3)4/h7,9-10,12-14,17H,5-6,8,11H2,1-4H3,(H,20,22)/t13-,14+,17-/m0/s1. The summed E-state index contributed by atoms with van der Waals surface area (Å²) < 4.78 is 30.7. The Morgan fingerprint density at radius 3 is 2.52 bits per heavy atom. The lowest BCUT2D eigenvalue weighted by Gasteiger charge is -2.30. The van der Waals surface area contributed by atoms with Gasteiger partial charge in [-0.25, -0.2) is 17.5 Å². The summed E-state index contributed by atoms with van der Waals surface area (Å²) in [4.78, 5) is 24.7. The van der Waals surface area contributed by atoms with E-state index in [1.807, 2.05) is 0 Å². The molecule has 1 N–H and O–H groups in total. The molecule has 150 valence electrons. The molecule has 0 aromatic heterocycles. The lowest BCUT2D eigenvalue weighted by molar-refractivity contribution is -0.130. The van der Waals surface area contributed by atoms with Crippen LogP contribution in [-0.2, 0) is 19.6 Å². The topological polar surface area (TPSA) is 92.8 Å². The Bertz CT molecular complexity index is 791. The molecular formula is C19H28N2O5S. The largest absolute Gasteiger partial charge is 0.449 e. The molecule has 0 saturated heterocycles. The van der Waals surface area contributed by atoms with E-state index in [0.29, 0.717) is 5.92 Å². The van der Waals surface area contributed by atoms with Crippen LogP contribution in [0.3, 0.4) is 0 Å². The van der Waals surface area contributed by atoms with E-state index >= 15 is 0 Å². The zero-order valence-corrected chi connectivity index (χ0v) is 17.1. The summed E-state index contributed by atoms with van der Waals surface area (Å²) in [6, 6.07) is 5.70. The molecule has 0 unspecified atom stereocenters. The number of nitrogens with one attached hydrogen (secondary N) is 1. The van der Waals surface area contributed by atoms with Crippen molar-refractivity contribution in [1.29, 1.82) is 0 Å². The van der Waals surface area contributed by atoms with Crippen molar-refractivity contribution in [2.75, 3.05) is 14.1 Å². The van der Waals surface area contributed by atoms with Crippen LogP contribution in [0.4, 0.5) is 0 Å². The number of carbonyl (C=O) groups excluding carboxylic acids is 2. The third kappa shape index (κ3) is 5.29. The highest BCUT2D eigenvalue weighted by molar-refractivity contribution is 7.89. The van der Waals surface area contributed by atoms with E-state index < -0.39 is 22.1 Å². The molecule has 1 aromatic carbocycles. The molecule has 1 fully saturated rings. The first-order valence-electron chi connectivity index (χ1n) is 9.17. The molecule has 3 atom stereocenters. The van der Waals surface area contributed by atoms with Crippen molar-refractivity contribution in [3.63, 3.8) is 0 Å². The highest BCUT2D eigenvalue weighted by atomic mass is 32.2. The smallest absolute Gasteiger partial charge is 0.338 e. The number of rotatable bonds is 6. The van der Waals surface area contributed by atoms with Crippen LogP contribution in [-0.4, -0.2) is 50.8 Å². The van der Waals surface area contributed by atoms with Crippen molar-refractivity contribution in [2.45, 2.75) is 56.6 Å². The molecule has 1 aliphatic carbocycles. The maximum atomic E-state index is 12.4. The van der Waals surface area contributed by atoms with Crippen molar-refractivity contribution >= 4 is 21.9 Å². The minimum Gasteiger partial charge on any atom is -0.449 e. The second-order valence-electron chi connectivity index (χ2n) is 7.24. The fourth-order valence-corrected chi connectivity index (χ4v) is 4.06. The molecule has 2 rings (SSSR count). The molecule has 0 radical (unpaired) electrons. The summed E-state index contributed by atoms with van der Waals surface area (Å²) in [5.41, 5.74) is 0.0867. The molecule has 1 aromatic rings. The van der Waals surface area contributed by atoms with Gasteiger partial charge in [-0.15, -0.1) is 0 Å². The minimum atomic E-state index is -3.66. The van der Waals surface area contributed by atoms with Gasteiger partial charge in [-0.05, 0) is 43.9 Å². The first-order chi connectivity index (χ1) is 12.6. The second kappa shape index (κ2) is 8.84. The quantitative estimate of drug-likeness (QED) is 0.744. The Kier molecular flexibility index (Phi) is 7.00. The average Bonchev–Trinajstić information content (AvgIpc) is 2.63. The molecule has 1 saturated carbocycles. The highest BCUT2D eigenvalue weighted by Crippen LogP contribution is 2.24. The molecule has 1 aliphatic rings. The van der Waals surface area contributed by atoms with Gasteiger partial charge in [0.05, 0.1) is 10.5 Å². The molecule has 0 heterocycles. The number of sulfonamides is 1. The van der Waals surface area contributed by atoms with Crippen LogP contribution in [0.1, 0.15) is 49.9 Å². The Labute approximate surface area is 161 Å². The third-order valence-corrected chi connectivity index (χ3v) is 6.75. The van der Waals surface area contributed by atoms with Gasteiger partial charge in [0, 0.05) is 20.1 Å². The number of hydrogen-bond donors (Lipinski definition) is 1. The normalized spacial score (nSPS) is 21.5. The number of ether oxygens (including phenoxy) is 1. The Hall–Kier alpha value is -1.93. The van der Waals surface area contributed by atoms with E-state index in [2.05, 4.69) is 12.2 Å². The molecule has 0 aliphatic heterocycles. The molecule has 7 nitrogen and oxygen atoms in total. The number of nitrogens with zero attached hydrogens (tertiary/aromatic N) is 1. The van der Waals surface area contributed by atoms with Crippen LogP contribution >= 0.6 is 0 Å². The molecule has 8 heteroatoms. The summed E-state index contributed by atoms with van der Waals surface area (Å²) in [7, 11) is -0.825. The number of benzene rings is 1. The first-order valence-corrected chi connectivity index (χ1v) is 10.6. The van der Waals surface area contributed by atoms with Crippen LogP contribution in [0.5, 0.6) is 0 Å². The maximum Gasteiger partial charge on any atom is 0.338 e. The lowest BCUT2D eigenvalue weighted by atomic mass is 9.86. The lowest BCUT2D eigenvalue weighted by Crippen LogP contribution is -2.46. The van der Waals surface area contributed by atoms with Crippen molar-refractivity contribution < 1.29 is 22.7 Å². The summed E-state index contributed by atoms with van der Waals surface area (Å²) in [5, 5.41) is 2.96. The van der Waals surface area contributed by atoms with Crippen molar-refractivity contribution in [1.82, 2.24) is 9.62 Å². The molecule has 0 bridgehead atoms. The molecule has 27 heavy (non-hydrogen) atoms. The first kappa shape index (κ1) is 21.4. The minimum absolute atomic E-state index is 0.00455. The molecular weight excluding hydrogens is 368 g/mol. The number of amides is 1. The van der Waals surface area contributed by atoms with Gasteiger partial charge in [0.2, 0.25) is 10.0 Å². The van der Waals surface area contributed by atoms with Crippen LogP contribution in [0.15, 0.2) is 29.2 Å². The maximum absolute atomic E-state index is 12.4. The Morgan fingerprint density at radius 2 is 1.89 bits per heavy atom. The van der Waals surface area contributed by atoms with E-state index in [1.165, 1.54) is 51.7 Å². The number of hydrogen-bond acceptors (Lipinski definition) is 5. The van der Waals surface area contributed by atoms with Gasteiger partial charge in [-0.1, -0.05) is 25.8 Å². The molecule has 1 amide bonds. The zero-order chi connectivity index (χ0) is 20.2. The van der Waals surface area contributed by atoms with E-state index in [-0.39, 0.29) is 22.4 Å². The Morgan fingerprint density at radius 1 is 1.22 bits per heavy atom. The average molecular weight is 397 g/mol. The third-order valence-electron chi connectivity index (χ3n) is 4.94. The van der Waals surface area contributed by atoms with Crippen LogP contribution < -0.4 is 5.32 Å². The zero-order valence-electron chi connectivity index (χ0n) is 16.3. The predicted molar refractivity (Wildman–Crippen MR) is 102 cm³/mol. The monoisotopic (exact) mass is 396 g/mol. The van der Waals surface area contributed by atoms with E-state index in [4.69, 9.17) is 4.74 Å². The highest BCUT2D eigenvalue weighted by Gasteiger charge is 2.27. The van der Waals surface area contributed by atoms with Gasteiger partial charge in [0.15, 0.2) is 6.10 Å². The van der Waals surface area contributed by atoms with Crippen molar-refractivity contribution in [3.8, 4) is 0 Å². The van der Waals surface area contributed by atoms with Crippen molar-refractivity contribution in [3.05, 3.63) is 29.8 Å². The number of carbonyl (C=O) groups is 2. The summed E-state index contributed by atoms with van der Waals surface area (Å²) in [5.74, 6) is -0.664. The molecule has 0 spiro atoms. The second-order valence-corrected chi connectivity index (χ2v) is 9.39. The van der Waals surface area contributed by atoms with Crippen LogP contribution in [0, 0.1) is 5.92 Å². The van der Waals surface area contributed by atoms with Gasteiger partial charge in [0.25, 0.3) is 5.91 Å². The van der Waals surface area contributed by atoms with Crippen molar-refractivity contribution in [2.24, 2.45) is 5.92 Å². The van der Waals surface area contributed by atoms with Gasteiger partial charge < -0.3 is 10.1 Å². The van der Waals surface area contributed by atoms with E-state index in [1.54, 1.807) is 0 Å². The van der Waals surface area contributed by atoms with Gasteiger partial charge in [-0.3, -0.25) is 4.79 Å². The summed E-state index contributed by atoms with van der Waals surface area (Å²) in [6.07, 6.45) is 3.30. The fraction of sp³-hybridized carbons (Fsp3) is 0.579. The van der Waals surface area contributed by atoms with Gasteiger partial charge in [-0.2, -0.15) is 0 Å². The van der Waals surface area contributed by atoms with E-state index in [0.717, 1.165) is 23.6 Å². The Balaban J connectivity index is 2.03. The fourth-order valence-electron chi connectivity index (χ4n) is 3.11. The van der Waals surface area contributed by atoms with Gasteiger partial charge in [0.1, 0.15) is 0 Å². The predicted octanol–water partition coefficient (Wildman–Crippen LogP) is 2.18. The van der Waals surface area contributed by atoms with Gasteiger partial charge >= 0.3 is 5.97 Å². The SMILES string of the molecule is C[C@@H](OC(=O)c1cccc(S(=O)(=O)N(C)C)c1)C(=O)N[C@H]1CCCC[C@@H]1C. The van der Waals surface area contributed by atoms with Crippen LogP contribution in [0.25, 0.3) is 0 Å². The summed E-state index contributed by atoms with van der Waals surface area (Å²) >= 11 is 0.